The minimum Gasteiger partial charge on any atom is -0.392 e. The number of hydrogen-bond acceptors (Lipinski definition) is 3. The zero-order chi connectivity index (χ0) is 15.5. The topological polar surface area (TPSA) is 46.3 Å². The molecule has 1 aromatic carbocycles. The third kappa shape index (κ3) is 3.90. The van der Waals surface area contributed by atoms with E-state index < -0.39 is 0 Å². The zero-order valence-electron chi connectivity index (χ0n) is 12.0. The molecule has 1 aromatic rings. The molecular weight excluding hydrogens is 324 g/mol. The average molecular weight is 343 g/mol. The summed E-state index contributed by atoms with van der Waals surface area (Å²) >= 11 is 12.7. The summed E-state index contributed by atoms with van der Waals surface area (Å²) in [5, 5.41) is 0.686. The van der Waals surface area contributed by atoms with Crippen molar-refractivity contribution in [3.8, 4) is 0 Å². The number of nitrogens with zero attached hydrogens (tertiary/aromatic N) is 1. The first-order chi connectivity index (χ1) is 9.97. The van der Waals surface area contributed by atoms with Gasteiger partial charge in [0.1, 0.15) is 0 Å². The number of nitrogens with two attached hydrogens (primary N) is 1. The Hall–Kier alpha value is -0.780. The fraction of sp³-hybridized carbons (Fsp3) is 0.467. The van der Waals surface area contributed by atoms with E-state index in [-0.39, 0.29) is 10.7 Å². The Morgan fingerprint density at radius 3 is 2.43 bits per heavy atom. The second-order valence-corrected chi connectivity index (χ2v) is 7.31. The molecule has 1 amide bonds. The molecule has 1 aliphatic rings. The second kappa shape index (κ2) is 6.99. The first-order valence-corrected chi connectivity index (χ1v) is 8.85. The summed E-state index contributed by atoms with van der Waals surface area (Å²) in [6, 6.07) is 7.41. The molecule has 0 unspecified atom stereocenters. The summed E-state index contributed by atoms with van der Waals surface area (Å²) in [7, 11) is 0. The van der Waals surface area contributed by atoms with Crippen LogP contribution in [0.15, 0.2) is 24.3 Å². The number of amides is 1. The third-order valence-electron chi connectivity index (χ3n) is 4.03. The predicted octanol–water partition coefficient (Wildman–Crippen LogP) is 2.89. The maximum Gasteiger partial charge on any atom is 0.226 e. The molecule has 0 radical (unpaired) electrons. The highest BCUT2D eigenvalue weighted by Gasteiger charge is 2.37. The lowest BCUT2D eigenvalue weighted by molar-refractivity contribution is -0.131. The van der Waals surface area contributed by atoms with Gasteiger partial charge in [-0.15, -0.1) is 0 Å². The smallest absolute Gasteiger partial charge is 0.226 e. The molecule has 0 saturated carbocycles. The highest BCUT2D eigenvalue weighted by molar-refractivity contribution is 8.02. The Labute approximate surface area is 140 Å². The van der Waals surface area contributed by atoms with Gasteiger partial charge in [0.25, 0.3) is 0 Å². The van der Waals surface area contributed by atoms with Gasteiger partial charge in [-0.1, -0.05) is 36.0 Å². The van der Waals surface area contributed by atoms with Crippen LogP contribution >= 0.6 is 35.6 Å². The normalized spacial score (nSPS) is 17.5. The molecular formula is C15H19ClN2OS2. The van der Waals surface area contributed by atoms with E-state index in [9.17, 15) is 4.79 Å². The van der Waals surface area contributed by atoms with E-state index in [1.807, 2.05) is 35.4 Å². The molecule has 0 aromatic heterocycles. The molecule has 1 aliphatic heterocycles. The van der Waals surface area contributed by atoms with Crippen LogP contribution in [0.2, 0.25) is 5.02 Å². The number of benzene rings is 1. The van der Waals surface area contributed by atoms with E-state index in [2.05, 4.69) is 0 Å². The van der Waals surface area contributed by atoms with Gasteiger partial charge in [0.05, 0.1) is 16.2 Å². The second-order valence-electron chi connectivity index (χ2n) is 5.25. The van der Waals surface area contributed by atoms with Crippen molar-refractivity contribution in [1.29, 1.82) is 0 Å². The molecule has 1 saturated heterocycles. The monoisotopic (exact) mass is 342 g/mol. The Kier molecular flexibility index (Phi) is 5.52. The van der Waals surface area contributed by atoms with Crippen molar-refractivity contribution in [2.24, 2.45) is 5.73 Å². The quantitative estimate of drug-likeness (QED) is 0.855. The number of halogens is 1. The van der Waals surface area contributed by atoms with E-state index in [0.717, 1.165) is 18.4 Å². The number of carbonyl (C=O) groups is 1. The van der Waals surface area contributed by atoms with Crippen molar-refractivity contribution in [3.05, 3.63) is 34.9 Å². The molecule has 2 rings (SSSR count). The van der Waals surface area contributed by atoms with Crippen LogP contribution in [0.1, 0.15) is 18.4 Å². The minimum atomic E-state index is -0.146. The van der Waals surface area contributed by atoms with Crippen LogP contribution in [0.4, 0.5) is 0 Å². The first-order valence-electron chi connectivity index (χ1n) is 6.84. The van der Waals surface area contributed by atoms with Crippen molar-refractivity contribution in [1.82, 2.24) is 4.90 Å². The summed E-state index contributed by atoms with van der Waals surface area (Å²) in [5.41, 5.74) is 6.85. The number of carbonyl (C=O) groups excluding carboxylic acids is 1. The predicted molar refractivity (Wildman–Crippen MR) is 94.0 cm³/mol. The summed E-state index contributed by atoms with van der Waals surface area (Å²) in [6.45, 7) is 1.43. The molecule has 0 spiro atoms. The maximum absolute atomic E-state index is 12.3. The van der Waals surface area contributed by atoms with Crippen LogP contribution in [0.5, 0.6) is 0 Å². The van der Waals surface area contributed by atoms with Gasteiger partial charge < -0.3 is 10.6 Å². The van der Waals surface area contributed by atoms with Crippen LogP contribution in [-0.2, 0) is 11.2 Å². The zero-order valence-corrected chi connectivity index (χ0v) is 14.4. The fourth-order valence-corrected chi connectivity index (χ4v) is 3.93. The lowest BCUT2D eigenvalue weighted by Gasteiger charge is -2.40. The number of piperidine rings is 1. The van der Waals surface area contributed by atoms with Crippen molar-refractivity contribution in [2.75, 3.05) is 19.3 Å². The molecule has 114 valence electrons. The molecule has 6 heteroatoms. The summed E-state index contributed by atoms with van der Waals surface area (Å²) in [5.74, 6) is 0.148. The number of thioether (sulfide) groups is 1. The molecule has 1 fully saturated rings. The maximum atomic E-state index is 12.3. The Bertz CT molecular complexity index is 525. The van der Waals surface area contributed by atoms with E-state index in [4.69, 9.17) is 29.6 Å². The van der Waals surface area contributed by atoms with Gasteiger partial charge in [-0.3, -0.25) is 4.79 Å². The Morgan fingerprint density at radius 2 is 1.95 bits per heavy atom. The molecule has 0 bridgehead atoms. The lowest BCUT2D eigenvalue weighted by Crippen LogP contribution is -2.51. The number of thiocarbonyl (C=S) groups is 1. The van der Waals surface area contributed by atoms with Crippen molar-refractivity contribution < 1.29 is 4.79 Å². The number of likely N-dealkylation sites (tertiary alicyclic amines) is 1. The summed E-state index contributed by atoms with van der Waals surface area (Å²) in [6.07, 6.45) is 4.10. The first kappa shape index (κ1) is 16.6. The number of hydrogen-bond donors (Lipinski definition) is 1. The van der Waals surface area contributed by atoms with Crippen molar-refractivity contribution >= 4 is 46.5 Å². The van der Waals surface area contributed by atoms with Crippen molar-refractivity contribution in [3.63, 3.8) is 0 Å². The van der Waals surface area contributed by atoms with E-state index in [0.29, 0.717) is 29.5 Å². The van der Waals surface area contributed by atoms with Crippen LogP contribution in [-0.4, -0.2) is 39.9 Å². The van der Waals surface area contributed by atoms with Gasteiger partial charge in [-0.05, 0) is 36.8 Å². The van der Waals surface area contributed by atoms with Gasteiger partial charge in [-0.25, -0.2) is 0 Å². The standard InChI is InChI=1S/C15H19ClN2OS2/c1-21-15(14(17)20)6-8-18(9-7-15)13(19)10-11-2-4-12(16)5-3-11/h2-5H,6-10H2,1H3,(H2,17,20). The number of rotatable bonds is 4. The molecule has 1 heterocycles. The summed E-state index contributed by atoms with van der Waals surface area (Å²) < 4.78 is -0.146. The molecule has 3 nitrogen and oxygen atoms in total. The van der Waals surface area contributed by atoms with Crippen LogP contribution < -0.4 is 5.73 Å². The molecule has 0 aliphatic carbocycles. The van der Waals surface area contributed by atoms with Gasteiger partial charge >= 0.3 is 0 Å². The van der Waals surface area contributed by atoms with E-state index in [1.165, 1.54) is 0 Å². The Balaban J connectivity index is 1.94. The van der Waals surface area contributed by atoms with Crippen LogP contribution in [0.25, 0.3) is 0 Å². The SMILES string of the molecule is CSC1(C(N)=S)CCN(C(=O)Cc2ccc(Cl)cc2)CC1. The van der Waals surface area contributed by atoms with Crippen LogP contribution in [0.3, 0.4) is 0 Å². The minimum absolute atomic E-state index is 0.146. The molecule has 2 N–H and O–H groups in total. The molecule has 21 heavy (non-hydrogen) atoms. The van der Waals surface area contributed by atoms with Crippen molar-refractivity contribution in [2.45, 2.75) is 24.0 Å². The lowest BCUT2D eigenvalue weighted by atomic mass is 9.95. The van der Waals surface area contributed by atoms with Gasteiger partial charge in [0.2, 0.25) is 5.91 Å². The van der Waals surface area contributed by atoms with E-state index in [1.54, 1.807) is 11.8 Å². The van der Waals surface area contributed by atoms with Gasteiger partial charge in [0.15, 0.2) is 0 Å². The highest BCUT2D eigenvalue weighted by atomic mass is 35.5. The summed E-state index contributed by atoms with van der Waals surface area (Å²) in [4.78, 5) is 14.8. The van der Waals surface area contributed by atoms with Gasteiger partial charge in [-0.2, -0.15) is 11.8 Å². The molecule has 0 atom stereocenters. The largest absolute Gasteiger partial charge is 0.392 e. The fourth-order valence-electron chi connectivity index (χ4n) is 2.56. The van der Waals surface area contributed by atoms with Crippen LogP contribution in [0, 0.1) is 0 Å². The van der Waals surface area contributed by atoms with Gasteiger partial charge in [0, 0.05) is 18.1 Å². The average Bonchev–Trinajstić information content (AvgIpc) is 2.49. The Morgan fingerprint density at radius 1 is 1.38 bits per heavy atom. The highest BCUT2D eigenvalue weighted by Crippen LogP contribution is 2.35. The van der Waals surface area contributed by atoms with E-state index >= 15 is 0 Å². The third-order valence-corrected chi connectivity index (χ3v) is 6.21.